The molecule has 0 fully saturated rings. The van der Waals surface area contributed by atoms with Gasteiger partial charge in [-0.3, -0.25) is 0 Å². The Morgan fingerprint density at radius 2 is 2.31 bits per heavy atom. The molecule has 2 nitrogen and oxygen atoms in total. The highest BCUT2D eigenvalue weighted by molar-refractivity contribution is 9.10. The van der Waals surface area contributed by atoms with Gasteiger partial charge in [0.05, 0.1) is 6.61 Å². The standard InChI is InChI=1S/C13H18BrNO/c1-9(2)15-8-10-5-6-16-13-4-3-11(14)7-12(10)13/h3-4,7,9-10,15H,5-6,8H2,1-2H3. The van der Waals surface area contributed by atoms with Gasteiger partial charge >= 0.3 is 0 Å². The van der Waals surface area contributed by atoms with E-state index in [0.29, 0.717) is 12.0 Å². The first-order chi connectivity index (χ1) is 7.66. The first-order valence-electron chi connectivity index (χ1n) is 5.82. The zero-order valence-corrected chi connectivity index (χ0v) is 11.4. The van der Waals surface area contributed by atoms with Crippen molar-refractivity contribution in [3.8, 4) is 5.75 Å². The number of hydrogen-bond donors (Lipinski definition) is 1. The van der Waals surface area contributed by atoms with Crippen LogP contribution >= 0.6 is 15.9 Å². The SMILES string of the molecule is CC(C)NCC1CCOc2ccc(Br)cc21. The summed E-state index contributed by atoms with van der Waals surface area (Å²) < 4.78 is 6.80. The summed E-state index contributed by atoms with van der Waals surface area (Å²) in [7, 11) is 0. The van der Waals surface area contributed by atoms with Gasteiger partial charge in [-0.2, -0.15) is 0 Å². The highest BCUT2D eigenvalue weighted by Gasteiger charge is 2.21. The van der Waals surface area contributed by atoms with Crippen molar-refractivity contribution in [2.24, 2.45) is 0 Å². The number of rotatable bonds is 3. The topological polar surface area (TPSA) is 21.3 Å². The molecule has 0 aliphatic carbocycles. The summed E-state index contributed by atoms with van der Waals surface area (Å²) in [6, 6.07) is 6.82. The Hall–Kier alpha value is -0.540. The van der Waals surface area contributed by atoms with E-state index in [2.05, 4.69) is 47.2 Å². The lowest BCUT2D eigenvalue weighted by molar-refractivity contribution is 0.263. The third-order valence-corrected chi connectivity index (χ3v) is 3.40. The van der Waals surface area contributed by atoms with E-state index in [1.807, 2.05) is 6.07 Å². The van der Waals surface area contributed by atoms with Crippen LogP contribution in [0.25, 0.3) is 0 Å². The summed E-state index contributed by atoms with van der Waals surface area (Å²) in [5.41, 5.74) is 1.33. The Labute approximate surface area is 106 Å². The Bertz CT molecular complexity index is 365. The molecule has 1 heterocycles. The molecule has 1 atom stereocenters. The van der Waals surface area contributed by atoms with Gasteiger partial charge in [0.2, 0.25) is 0 Å². The maximum absolute atomic E-state index is 5.67. The quantitative estimate of drug-likeness (QED) is 0.919. The molecule has 3 heteroatoms. The summed E-state index contributed by atoms with van der Waals surface area (Å²) in [4.78, 5) is 0. The maximum Gasteiger partial charge on any atom is 0.122 e. The zero-order valence-electron chi connectivity index (χ0n) is 9.79. The lowest BCUT2D eigenvalue weighted by Gasteiger charge is -2.27. The number of halogens is 1. The molecule has 1 aromatic carbocycles. The van der Waals surface area contributed by atoms with Crippen molar-refractivity contribution in [3.63, 3.8) is 0 Å². The van der Waals surface area contributed by atoms with Crippen LogP contribution in [-0.2, 0) is 0 Å². The molecule has 1 aliphatic rings. The fourth-order valence-electron chi connectivity index (χ4n) is 2.03. The number of hydrogen-bond acceptors (Lipinski definition) is 2. The van der Waals surface area contributed by atoms with Crippen molar-refractivity contribution < 1.29 is 4.74 Å². The first-order valence-corrected chi connectivity index (χ1v) is 6.61. The van der Waals surface area contributed by atoms with E-state index in [1.165, 1.54) is 5.56 Å². The van der Waals surface area contributed by atoms with Crippen molar-refractivity contribution in [1.29, 1.82) is 0 Å². The van der Waals surface area contributed by atoms with Crippen LogP contribution in [0.2, 0.25) is 0 Å². The zero-order chi connectivity index (χ0) is 11.5. The largest absolute Gasteiger partial charge is 0.493 e. The molecule has 1 aromatic rings. The molecule has 2 rings (SSSR count). The molecule has 1 N–H and O–H groups in total. The molecule has 88 valence electrons. The van der Waals surface area contributed by atoms with E-state index in [-0.39, 0.29) is 0 Å². The fraction of sp³-hybridized carbons (Fsp3) is 0.538. The van der Waals surface area contributed by atoms with Crippen LogP contribution in [0.4, 0.5) is 0 Å². The summed E-state index contributed by atoms with van der Waals surface area (Å²) >= 11 is 3.52. The second-order valence-corrected chi connectivity index (χ2v) is 5.49. The molecule has 1 aliphatic heterocycles. The molecular formula is C13H18BrNO. The van der Waals surface area contributed by atoms with Crippen LogP contribution in [-0.4, -0.2) is 19.2 Å². The first kappa shape index (κ1) is 11.9. The lowest BCUT2D eigenvalue weighted by Crippen LogP contribution is -2.30. The van der Waals surface area contributed by atoms with Crippen LogP contribution in [0.15, 0.2) is 22.7 Å². The highest BCUT2D eigenvalue weighted by Crippen LogP contribution is 2.35. The van der Waals surface area contributed by atoms with Gasteiger partial charge in [-0.05, 0) is 30.2 Å². The smallest absolute Gasteiger partial charge is 0.122 e. The van der Waals surface area contributed by atoms with E-state index < -0.39 is 0 Å². The van der Waals surface area contributed by atoms with Crippen molar-refractivity contribution in [2.45, 2.75) is 32.2 Å². The number of benzene rings is 1. The molecule has 16 heavy (non-hydrogen) atoms. The second kappa shape index (κ2) is 5.19. The molecule has 0 radical (unpaired) electrons. The third-order valence-electron chi connectivity index (χ3n) is 2.91. The molecule has 0 saturated heterocycles. The summed E-state index contributed by atoms with van der Waals surface area (Å²) in [5.74, 6) is 1.62. The Morgan fingerprint density at radius 3 is 3.06 bits per heavy atom. The van der Waals surface area contributed by atoms with Crippen LogP contribution in [0.5, 0.6) is 5.75 Å². The molecule has 0 spiro atoms. The van der Waals surface area contributed by atoms with Crippen LogP contribution in [0.3, 0.4) is 0 Å². The number of nitrogens with one attached hydrogen (secondary N) is 1. The fourth-order valence-corrected chi connectivity index (χ4v) is 2.41. The van der Waals surface area contributed by atoms with Crippen LogP contribution < -0.4 is 10.1 Å². The molecular weight excluding hydrogens is 266 g/mol. The normalized spacial score (nSPS) is 19.4. The van der Waals surface area contributed by atoms with Gasteiger partial charge in [0.25, 0.3) is 0 Å². The van der Waals surface area contributed by atoms with Crippen molar-refractivity contribution >= 4 is 15.9 Å². The Kier molecular flexibility index (Phi) is 3.87. The van der Waals surface area contributed by atoms with E-state index >= 15 is 0 Å². The molecule has 0 saturated carbocycles. The number of ether oxygens (including phenoxy) is 1. The van der Waals surface area contributed by atoms with Gasteiger partial charge in [-0.15, -0.1) is 0 Å². The van der Waals surface area contributed by atoms with Gasteiger partial charge in [-0.1, -0.05) is 29.8 Å². The minimum absolute atomic E-state index is 0.540. The second-order valence-electron chi connectivity index (χ2n) is 4.58. The molecule has 0 aromatic heterocycles. The summed E-state index contributed by atoms with van der Waals surface area (Å²) in [6.07, 6.45) is 1.10. The monoisotopic (exact) mass is 283 g/mol. The highest BCUT2D eigenvalue weighted by atomic mass is 79.9. The molecule has 1 unspecified atom stereocenters. The average Bonchev–Trinajstić information content (AvgIpc) is 2.26. The lowest BCUT2D eigenvalue weighted by atomic mass is 9.93. The molecule has 0 amide bonds. The van der Waals surface area contributed by atoms with Crippen molar-refractivity contribution in [3.05, 3.63) is 28.2 Å². The van der Waals surface area contributed by atoms with E-state index in [4.69, 9.17) is 4.74 Å². The summed E-state index contributed by atoms with van der Waals surface area (Å²) in [6.45, 7) is 6.23. The minimum Gasteiger partial charge on any atom is -0.493 e. The minimum atomic E-state index is 0.540. The van der Waals surface area contributed by atoms with E-state index in [0.717, 1.165) is 29.8 Å². The Morgan fingerprint density at radius 1 is 1.50 bits per heavy atom. The maximum atomic E-state index is 5.67. The third kappa shape index (κ3) is 2.77. The number of fused-ring (bicyclic) bond motifs is 1. The van der Waals surface area contributed by atoms with E-state index in [9.17, 15) is 0 Å². The molecule has 0 bridgehead atoms. The van der Waals surface area contributed by atoms with Gasteiger partial charge < -0.3 is 10.1 Å². The van der Waals surface area contributed by atoms with Gasteiger partial charge in [0.15, 0.2) is 0 Å². The van der Waals surface area contributed by atoms with E-state index in [1.54, 1.807) is 0 Å². The average molecular weight is 284 g/mol. The van der Waals surface area contributed by atoms with Crippen molar-refractivity contribution in [2.75, 3.05) is 13.2 Å². The van der Waals surface area contributed by atoms with Gasteiger partial charge in [0, 0.05) is 23.0 Å². The Balaban J connectivity index is 2.15. The van der Waals surface area contributed by atoms with Crippen LogP contribution in [0.1, 0.15) is 31.7 Å². The van der Waals surface area contributed by atoms with Crippen LogP contribution in [0, 0.1) is 0 Å². The predicted octanol–water partition coefficient (Wildman–Crippen LogP) is 3.31. The van der Waals surface area contributed by atoms with Crippen molar-refractivity contribution in [1.82, 2.24) is 5.32 Å². The predicted molar refractivity (Wildman–Crippen MR) is 70.1 cm³/mol. The van der Waals surface area contributed by atoms with Gasteiger partial charge in [-0.25, -0.2) is 0 Å². The van der Waals surface area contributed by atoms with Gasteiger partial charge in [0.1, 0.15) is 5.75 Å². The summed E-state index contributed by atoms with van der Waals surface area (Å²) in [5, 5.41) is 3.50.